The summed E-state index contributed by atoms with van der Waals surface area (Å²) in [5, 5.41) is 3.82. The van der Waals surface area contributed by atoms with E-state index < -0.39 is 0 Å². The van der Waals surface area contributed by atoms with Crippen molar-refractivity contribution in [1.82, 2.24) is 5.32 Å². The van der Waals surface area contributed by atoms with Crippen LogP contribution < -0.4 is 10.2 Å². The van der Waals surface area contributed by atoms with Crippen LogP contribution in [-0.4, -0.2) is 38.9 Å². The highest BCUT2D eigenvalue weighted by molar-refractivity contribution is 5.46. The highest BCUT2D eigenvalue weighted by Gasteiger charge is 2.28. The number of nitrogens with zero attached hydrogens (tertiary/aromatic N) is 1. The molecule has 0 unspecified atom stereocenters. The van der Waals surface area contributed by atoms with Gasteiger partial charge >= 0.3 is 0 Å². The number of ether oxygens (including phenoxy) is 1. The van der Waals surface area contributed by atoms with Crippen LogP contribution in [0.2, 0.25) is 0 Å². The molecule has 0 saturated carbocycles. The first kappa shape index (κ1) is 14.9. The van der Waals surface area contributed by atoms with E-state index in [-0.39, 0.29) is 0 Å². The molecule has 1 aromatic rings. The minimum Gasteiger partial charge on any atom is -0.381 e. The van der Waals surface area contributed by atoms with Crippen molar-refractivity contribution in [1.29, 1.82) is 0 Å². The zero-order valence-electron chi connectivity index (χ0n) is 13.2. The van der Waals surface area contributed by atoms with Crippen molar-refractivity contribution in [2.75, 3.05) is 37.7 Å². The first-order chi connectivity index (χ1) is 10.3. The van der Waals surface area contributed by atoms with Crippen LogP contribution >= 0.6 is 0 Å². The number of benzene rings is 1. The molecule has 2 fully saturated rings. The van der Waals surface area contributed by atoms with Gasteiger partial charge in [-0.3, -0.25) is 0 Å². The lowest BCUT2D eigenvalue weighted by Gasteiger charge is -2.38. The van der Waals surface area contributed by atoms with E-state index in [2.05, 4.69) is 47.5 Å². The molecule has 1 N–H and O–H groups in total. The number of para-hydroxylation sites is 1. The molecule has 2 aliphatic rings. The van der Waals surface area contributed by atoms with E-state index >= 15 is 0 Å². The van der Waals surface area contributed by atoms with Crippen molar-refractivity contribution in [2.24, 2.45) is 5.41 Å². The van der Waals surface area contributed by atoms with Gasteiger partial charge in [0, 0.05) is 44.6 Å². The van der Waals surface area contributed by atoms with Gasteiger partial charge in [0.25, 0.3) is 0 Å². The molecule has 0 spiro atoms. The van der Waals surface area contributed by atoms with Crippen molar-refractivity contribution in [3.05, 3.63) is 30.3 Å². The Balaban J connectivity index is 1.43. The summed E-state index contributed by atoms with van der Waals surface area (Å²) in [6, 6.07) is 11.5. The predicted molar refractivity (Wildman–Crippen MR) is 87.8 cm³/mol. The van der Waals surface area contributed by atoms with Gasteiger partial charge in [-0.05, 0) is 43.2 Å². The van der Waals surface area contributed by atoms with E-state index in [0.717, 1.165) is 19.8 Å². The third-order valence-electron chi connectivity index (χ3n) is 5.13. The summed E-state index contributed by atoms with van der Waals surface area (Å²) in [7, 11) is 0. The molecular formula is C18H28N2O. The van der Waals surface area contributed by atoms with Gasteiger partial charge in [-0.15, -0.1) is 0 Å². The van der Waals surface area contributed by atoms with Crippen LogP contribution in [0, 0.1) is 5.41 Å². The van der Waals surface area contributed by atoms with Crippen LogP contribution in [0.1, 0.15) is 32.6 Å². The lowest BCUT2D eigenvalue weighted by atomic mass is 9.82. The molecule has 116 valence electrons. The number of piperidine rings is 1. The Kier molecular flexibility index (Phi) is 4.81. The highest BCUT2D eigenvalue weighted by Crippen LogP contribution is 2.29. The largest absolute Gasteiger partial charge is 0.381 e. The summed E-state index contributed by atoms with van der Waals surface area (Å²) < 4.78 is 5.49. The second-order valence-electron chi connectivity index (χ2n) is 6.90. The molecule has 3 heteroatoms. The maximum Gasteiger partial charge on any atom is 0.0471 e. The standard InChI is InChI=1S/C18H28N2O/c1-18(9-13-21-14-10-18)15-19-16-7-11-20(12-8-16)17-5-3-2-4-6-17/h2-6,16,19H,7-15H2,1H3. The molecule has 0 aromatic heterocycles. The van der Waals surface area contributed by atoms with Crippen LogP contribution in [0.3, 0.4) is 0 Å². The van der Waals surface area contributed by atoms with Crippen LogP contribution in [0.25, 0.3) is 0 Å². The first-order valence-electron chi connectivity index (χ1n) is 8.36. The second-order valence-corrected chi connectivity index (χ2v) is 6.90. The zero-order chi connectivity index (χ0) is 14.5. The summed E-state index contributed by atoms with van der Waals surface area (Å²) in [5.74, 6) is 0. The van der Waals surface area contributed by atoms with Gasteiger partial charge in [0.15, 0.2) is 0 Å². The Bertz CT molecular complexity index is 420. The van der Waals surface area contributed by atoms with Crippen molar-refractivity contribution < 1.29 is 4.74 Å². The van der Waals surface area contributed by atoms with Gasteiger partial charge in [0.1, 0.15) is 0 Å². The molecule has 3 rings (SSSR count). The number of hydrogen-bond acceptors (Lipinski definition) is 3. The highest BCUT2D eigenvalue weighted by atomic mass is 16.5. The molecule has 2 heterocycles. The lowest BCUT2D eigenvalue weighted by Crippen LogP contribution is -2.46. The molecule has 0 atom stereocenters. The fourth-order valence-corrected chi connectivity index (χ4v) is 3.41. The van der Waals surface area contributed by atoms with Crippen molar-refractivity contribution in [3.63, 3.8) is 0 Å². The van der Waals surface area contributed by atoms with Crippen molar-refractivity contribution in [3.8, 4) is 0 Å². The Morgan fingerprint density at radius 2 is 1.81 bits per heavy atom. The SMILES string of the molecule is CC1(CNC2CCN(c3ccccc3)CC2)CCOCC1. The van der Waals surface area contributed by atoms with E-state index in [1.807, 2.05) is 0 Å². The number of anilines is 1. The molecule has 0 bridgehead atoms. The molecule has 2 saturated heterocycles. The van der Waals surface area contributed by atoms with Crippen LogP contribution in [0.5, 0.6) is 0 Å². The van der Waals surface area contributed by atoms with E-state index in [1.165, 1.54) is 44.5 Å². The summed E-state index contributed by atoms with van der Waals surface area (Å²) in [4.78, 5) is 2.51. The van der Waals surface area contributed by atoms with E-state index in [0.29, 0.717) is 11.5 Å². The Morgan fingerprint density at radius 3 is 2.48 bits per heavy atom. The van der Waals surface area contributed by atoms with Gasteiger partial charge in [-0.1, -0.05) is 25.1 Å². The van der Waals surface area contributed by atoms with Crippen molar-refractivity contribution in [2.45, 2.75) is 38.6 Å². The number of hydrogen-bond donors (Lipinski definition) is 1. The summed E-state index contributed by atoms with van der Waals surface area (Å²) >= 11 is 0. The van der Waals surface area contributed by atoms with E-state index in [9.17, 15) is 0 Å². The van der Waals surface area contributed by atoms with Gasteiger partial charge < -0.3 is 15.0 Å². The lowest BCUT2D eigenvalue weighted by molar-refractivity contribution is 0.0225. The minimum atomic E-state index is 0.439. The van der Waals surface area contributed by atoms with Gasteiger partial charge in [0.2, 0.25) is 0 Å². The number of rotatable bonds is 4. The average Bonchev–Trinajstić information content (AvgIpc) is 2.55. The monoisotopic (exact) mass is 288 g/mol. The van der Waals surface area contributed by atoms with Crippen LogP contribution in [0.15, 0.2) is 30.3 Å². The molecule has 2 aliphatic heterocycles. The average molecular weight is 288 g/mol. The second kappa shape index (κ2) is 6.80. The number of nitrogens with one attached hydrogen (secondary N) is 1. The molecule has 0 amide bonds. The topological polar surface area (TPSA) is 24.5 Å². The normalized spacial score (nSPS) is 23.2. The van der Waals surface area contributed by atoms with Crippen LogP contribution in [-0.2, 0) is 4.74 Å². The third kappa shape index (κ3) is 3.98. The Labute approximate surface area is 128 Å². The summed E-state index contributed by atoms with van der Waals surface area (Å²) in [6.07, 6.45) is 4.90. The van der Waals surface area contributed by atoms with Gasteiger partial charge in [-0.2, -0.15) is 0 Å². The quantitative estimate of drug-likeness (QED) is 0.921. The fourth-order valence-electron chi connectivity index (χ4n) is 3.41. The van der Waals surface area contributed by atoms with Gasteiger partial charge in [0.05, 0.1) is 0 Å². The molecule has 1 aromatic carbocycles. The Morgan fingerprint density at radius 1 is 1.14 bits per heavy atom. The third-order valence-corrected chi connectivity index (χ3v) is 5.13. The maximum atomic E-state index is 5.49. The summed E-state index contributed by atoms with van der Waals surface area (Å²) in [5.41, 5.74) is 1.81. The first-order valence-corrected chi connectivity index (χ1v) is 8.36. The molecular weight excluding hydrogens is 260 g/mol. The van der Waals surface area contributed by atoms with Crippen molar-refractivity contribution >= 4 is 5.69 Å². The fraction of sp³-hybridized carbons (Fsp3) is 0.667. The Hall–Kier alpha value is -1.06. The van der Waals surface area contributed by atoms with Gasteiger partial charge in [-0.25, -0.2) is 0 Å². The minimum absolute atomic E-state index is 0.439. The summed E-state index contributed by atoms with van der Waals surface area (Å²) in [6.45, 7) is 7.76. The molecule has 21 heavy (non-hydrogen) atoms. The zero-order valence-corrected chi connectivity index (χ0v) is 13.2. The van der Waals surface area contributed by atoms with E-state index in [4.69, 9.17) is 4.74 Å². The smallest absolute Gasteiger partial charge is 0.0471 e. The maximum absolute atomic E-state index is 5.49. The van der Waals surface area contributed by atoms with E-state index in [1.54, 1.807) is 0 Å². The molecule has 3 nitrogen and oxygen atoms in total. The predicted octanol–water partition coefficient (Wildman–Crippen LogP) is 3.06. The molecule has 0 aliphatic carbocycles. The van der Waals surface area contributed by atoms with Crippen LogP contribution in [0.4, 0.5) is 5.69 Å². The molecule has 0 radical (unpaired) electrons.